The fourth-order valence-electron chi connectivity index (χ4n) is 3.17. The van der Waals surface area contributed by atoms with Gasteiger partial charge in [0.2, 0.25) is 10.0 Å². The van der Waals surface area contributed by atoms with Gasteiger partial charge in [-0.2, -0.15) is 4.31 Å². The lowest BCUT2D eigenvalue weighted by molar-refractivity contribution is -0.140. The zero-order valence-corrected chi connectivity index (χ0v) is 18.9. The van der Waals surface area contributed by atoms with E-state index in [4.69, 9.17) is 0 Å². The van der Waals surface area contributed by atoms with Crippen molar-refractivity contribution >= 4 is 33.6 Å². The number of nitrogens with one attached hydrogen (secondary N) is 2. The maximum Gasteiger partial charge on any atom is 0.321 e. The number of methoxy groups -OCH3 is 1. The summed E-state index contributed by atoms with van der Waals surface area (Å²) in [6.07, 6.45) is 2.89. The first-order chi connectivity index (χ1) is 15.8. The van der Waals surface area contributed by atoms with Crippen LogP contribution < -0.4 is 10.6 Å². The quantitative estimate of drug-likeness (QED) is 0.568. The van der Waals surface area contributed by atoms with Crippen LogP contribution in [0.5, 0.6) is 0 Å². The molecular formula is C21H25N5O6S. The first-order valence-corrected chi connectivity index (χ1v) is 11.7. The Morgan fingerprint density at radius 1 is 1.06 bits per heavy atom. The molecule has 1 aromatic carbocycles. The van der Waals surface area contributed by atoms with E-state index in [1.54, 1.807) is 30.3 Å². The van der Waals surface area contributed by atoms with Crippen molar-refractivity contribution in [3.8, 4) is 0 Å². The second-order valence-electron chi connectivity index (χ2n) is 7.17. The third-order valence-electron chi connectivity index (χ3n) is 5.04. The van der Waals surface area contributed by atoms with Crippen molar-refractivity contribution in [2.75, 3.05) is 45.2 Å². The summed E-state index contributed by atoms with van der Waals surface area (Å²) in [6, 6.07) is 9.00. The van der Waals surface area contributed by atoms with Gasteiger partial charge < -0.3 is 20.3 Å². The molecule has 1 saturated heterocycles. The Kier molecular flexibility index (Phi) is 7.96. The normalized spacial score (nSPS) is 14.4. The van der Waals surface area contributed by atoms with E-state index in [0.717, 1.165) is 0 Å². The number of amides is 3. The van der Waals surface area contributed by atoms with Crippen LogP contribution in [0.25, 0.3) is 0 Å². The highest BCUT2D eigenvalue weighted by Gasteiger charge is 2.30. The predicted molar refractivity (Wildman–Crippen MR) is 119 cm³/mol. The van der Waals surface area contributed by atoms with Gasteiger partial charge in [-0.1, -0.05) is 0 Å². The number of hydrogen-bond acceptors (Lipinski definition) is 7. The lowest BCUT2D eigenvalue weighted by atomic mass is 10.2. The Bertz CT molecular complexity index is 1080. The van der Waals surface area contributed by atoms with Gasteiger partial charge in [0.25, 0.3) is 5.91 Å². The van der Waals surface area contributed by atoms with E-state index in [1.165, 1.54) is 34.8 Å². The minimum absolute atomic E-state index is 0.0766. The van der Waals surface area contributed by atoms with Crippen LogP contribution in [0.2, 0.25) is 0 Å². The van der Waals surface area contributed by atoms with Crippen LogP contribution in [0, 0.1) is 0 Å². The molecule has 176 valence electrons. The highest BCUT2D eigenvalue weighted by molar-refractivity contribution is 7.89. The van der Waals surface area contributed by atoms with Gasteiger partial charge in [0.15, 0.2) is 0 Å². The molecule has 1 aliphatic heterocycles. The molecule has 0 spiro atoms. The number of benzene rings is 1. The Morgan fingerprint density at radius 3 is 2.36 bits per heavy atom. The third-order valence-corrected chi connectivity index (χ3v) is 6.92. The molecule has 3 rings (SSSR count). The average molecular weight is 476 g/mol. The number of pyridine rings is 1. The summed E-state index contributed by atoms with van der Waals surface area (Å²) in [7, 11) is -2.37. The summed E-state index contributed by atoms with van der Waals surface area (Å²) in [5, 5.41) is 5.36. The number of carbonyl (C=O) groups is 3. The van der Waals surface area contributed by atoms with Crippen molar-refractivity contribution in [1.82, 2.24) is 19.5 Å². The van der Waals surface area contributed by atoms with E-state index in [0.29, 0.717) is 11.3 Å². The van der Waals surface area contributed by atoms with Crippen LogP contribution in [-0.2, 0) is 19.6 Å². The molecular weight excluding hydrogens is 450 g/mol. The van der Waals surface area contributed by atoms with E-state index in [-0.39, 0.29) is 56.0 Å². The number of hydrogen-bond donors (Lipinski definition) is 2. The fraction of sp³-hybridized carbons (Fsp3) is 0.333. The van der Waals surface area contributed by atoms with E-state index in [2.05, 4.69) is 20.4 Å². The van der Waals surface area contributed by atoms with Crippen LogP contribution >= 0.6 is 0 Å². The Balaban J connectivity index is 1.49. The summed E-state index contributed by atoms with van der Waals surface area (Å²) in [5.41, 5.74) is 0.878. The highest BCUT2D eigenvalue weighted by Crippen LogP contribution is 2.17. The predicted octanol–water partition coefficient (Wildman–Crippen LogP) is 0.913. The summed E-state index contributed by atoms with van der Waals surface area (Å²) in [6.45, 7) is 0.995. The van der Waals surface area contributed by atoms with E-state index in [9.17, 15) is 22.8 Å². The molecule has 0 atom stereocenters. The molecule has 2 heterocycles. The molecule has 0 aliphatic carbocycles. The van der Waals surface area contributed by atoms with E-state index < -0.39 is 16.0 Å². The van der Waals surface area contributed by atoms with Gasteiger partial charge >= 0.3 is 12.0 Å². The molecule has 1 fully saturated rings. The van der Waals surface area contributed by atoms with Gasteiger partial charge in [0.1, 0.15) is 4.90 Å². The molecule has 0 radical (unpaired) electrons. The first kappa shape index (κ1) is 24.1. The second-order valence-corrected chi connectivity index (χ2v) is 9.11. The van der Waals surface area contributed by atoms with Gasteiger partial charge in [0, 0.05) is 56.4 Å². The number of piperazine rings is 1. The molecule has 2 aromatic rings. The van der Waals surface area contributed by atoms with Crippen molar-refractivity contribution in [2.24, 2.45) is 0 Å². The number of esters is 1. The van der Waals surface area contributed by atoms with Crippen molar-refractivity contribution in [2.45, 2.75) is 11.3 Å². The molecule has 3 amide bonds. The fourth-order valence-corrected chi connectivity index (χ4v) is 4.56. The summed E-state index contributed by atoms with van der Waals surface area (Å²) < 4.78 is 31.2. The lowest BCUT2D eigenvalue weighted by Crippen LogP contribution is -2.51. The molecule has 2 N–H and O–H groups in total. The van der Waals surface area contributed by atoms with Crippen molar-refractivity contribution in [1.29, 1.82) is 0 Å². The highest BCUT2D eigenvalue weighted by atomic mass is 32.2. The SMILES string of the molecule is COC(=O)CCNC(=O)c1ccc(NC(=O)N2CCN(S(=O)(=O)c3cccnc3)CC2)cc1. The Labute approximate surface area is 191 Å². The van der Waals surface area contributed by atoms with Gasteiger partial charge in [-0.3, -0.25) is 14.6 Å². The molecule has 1 aromatic heterocycles. The first-order valence-electron chi connectivity index (χ1n) is 10.2. The molecule has 12 heteroatoms. The smallest absolute Gasteiger partial charge is 0.321 e. The minimum Gasteiger partial charge on any atom is -0.469 e. The maximum absolute atomic E-state index is 12.7. The topological polar surface area (TPSA) is 138 Å². The molecule has 1 aliphatic rings. The van der Waals surface area contributed by atoms with Gasteiger partial charge in [0.05, 0.1) is 13.5 Å². The minimum atomic E-state index is -3.65. The van der Waals surface area contributed by atoms with E-state index >= 15 is 0 Å². The van der Waals surface area contributed by atoms with E-state index in [1.807, 2.05) is 0 Å². The Morgan fingerprint density at radius 2 is 1.76 bits per heavy atom. The lowest BCUT2D eigenvalue weighted by Gasteiger charge is -2.33. The number of anilines is 1. The molecule has 0 saturated carbocycles. The van der Waals surface area contributed by atoms with Crippen LogP contribution in [0.3, 0.4) is 0 Å². The maximum atomic E-state index is 12.7. The summed E-state index contributed by atoms with van der Waals surface area (Å²) >= 11 is 0. The van der Waals surface area contributed by atoms with Gasteiger partial charge in [-0.05, 0) is 36.4 Å². The van der Waals surface area contributed by atoms with Crippen molar-refractivity contribution in [3.63, 3.8) is 0 Å². The number of aromatic nitrogens is 1. The van der Waals surface area contributed by atoms with Gasteiger partial charge in [-0.15, -0.1) is 0 Å². The zero-order chi connectivity index (χ0) is 23.8. The average Bonchev–Trinajstić information content (AvgIpc) is 2.84. The number of rotatable bonds is 7. The number of urea groups is 1. The standard InChI is InChI=1S/C21H25N5O6S/c1-32-19(27)8-10-23-20(28)16-4-6-17(7-5-16)24-21(29)25-11-13-26(14-12-25)33(30,31)18-3-2-9-22-15-18/h2-7,9,15H,8,10-14H2,1H3,(H,23,28)(H,24,29). The van der Waals surface area contributed by atoms with Crippen LogP contribution in [0.15, 0.2) is 53.7 Å². The van der Waals surface area contributed by atoms with Crippen LogP contribution in [0.1, 0.15) is 16.8 Å². The number of sulfonamides is 1. The Hall–Kier alpha value is -3.51. The van der Waals surface area contributed by atoms with Crippen LogP contribution in [-0.4, -0.2) is 80.3 Å². The third kappa shape index (κ3) is 6.26. The number of ether oxygens (including phenoxy) is 1. The van der Waals surface area contributed by atoms with Gasteiger partial charge in [-0.25, -0.2) is 13.2 Å². The van der Waals surface area contributed by atoms with Crippen molar-refractivity contribution in [3.05, 3.63) is 54.4 Å². The summed E-state index contributed by atoms with van der Waals surface area (Å²) in [4.78, 5) is 41.2. The molecule has 11 nitrogen and oxygen atoms in total. The van der Waals surface area contributed by atoms with Crippen molar-refractivity contribution < 1.29 is 27.5 Å². The molecule has 33 heavy (non-hydrogen) atoms. The zero-order valence-electron chi connectivity index (χ0n) is 18.1. The van der Waals surface area contributed by atoms with Crippen LogP contribution in [0.4, 0.5) is 10.5 Å². The molecule has 0 bridgehead atoms. The number of carbonyl (C=O) groups excluding carboxylic acids is 3. The number of nitrogens with zero attached hydrogens (tertiary/aromatic N) is 3. The monoisotopic (exact) mass is 475 g/mol. The molecule has 0 unspecified atom stereocenters. The second kappa shape index (κ2) is 10.9. The largest absolute Gasteiger partial charge is 0.469 e. The summed E-state index contributed by atoms with van der Waals surface area (Å²) in [5.74, 6) is -0.758.